The predicted octanol–water partition coefficient (Wildman–Crippen LogP) is 1.27. The molecule has 5 heteroatoms. The maximum absolute atomic E-state index is 4.26. The molecule has 0 saturated heterocycles. The van der Waals surface area contributed by atoms with Gasteiger partial charge in [0.15, 0.2) is 5.82 Å². The number of hydrogen-bond acceptors (Lipinski definition) is 4. The van der Waals surface area contributed by atoms with Gasteiger partial charge in [-0.2, -0.15) is 4.80 Å². The van der Waals surface area contributed by atoms with Crippen LogP contribution in [0.5, 0.6) is 0 Å². The second-order valence-corrected chi connectivity index (χ2v) is 6.75. The lowest BCUT2D eigenvalue weighted by molar-refractivity contribution is -0.0209. The first kappa shape index (κ1) is 10.9. The number of aryl methyl sites for hydroxylation is 1. The average Bonchev–Trinajstić information content (AvgIpc) is 2.71. The lowest BCUT2D eigenvalue weighted by Gasteiger charge is -2.57. The third kappa shape index (κ3) is 1.76. The first-order valence-electron chi connectivity index (χ1n) is 7.19. The Morgan fingerprint density at radius 1 is 1.17 bits per heavy atom. The van der Waals surface area contributed by atoms with Crippen molar-refractivity contribution in [3.8, 4) is 0 Å². The molecule has 4 aliphatic rings. The summed E-state index contributed by atoms with van der Waals surface area (Å²) in [5.41, 5.74) is 0.397. The minimum absolute atomic E-state index is 0.397. The van der Waals surface area contributed by atoms with E-state index in [2.05, 4.69) is 20.7 Å². The summed E-state index contributed by atoms with van der Waals surface area (Å²) in [5.74, 6) is 3.78. The van der Waals surface area contributed by atoms with Gasteiger partial charge in [-0.25, -0.2) is 0 Å². The lowest BCUT2D eigenvalue weighted by atomic mass is 9.53. The Kier molecular flexibility index (Phi) is 2.28. The molecule has 1 aromatic heterocycles. The van der Waals surface area contributed by atoms with Crippen LogP contribution in [-0.4, -0.2) is 25.7 Å². The number of nitrogens with one attached hydrogen (secondary N) is 1. The maximum Gasteiger partial charge on any atom is 0.188 e. The van der Waals surface area contributed by atoms with E-state index in [0.29, 0.717) is 5.54 Å². The largest absolute Gasteiger partial charge is 0.304 e. The van der Waals surface area contributed by atoms with Gasteiger partial charge in [-0.15, -0.1) is 10.2 Å². The topological polar surface area (TPSA) is 55.6 Å². The van der Waals surface area contributed by atoms with E-state index >= 15 is 0 Å². The Hall–Kier alpha value is -0.970. The van der Waals surface area contributed by atoms with Crippen molar-refractivity contribution in [2.24, 2.45) is 24.8 Å². The third-order valence-electron chi connectivity index (χ3n) is 5.21. The van der Waals surface area contributed by atoms with E-state index in [0.717, 1.165) is 30.1 Å². The third-order valence-corrected chi connectivity index (χ3v) is 5.21. The Labute approximate surface area is 107 Å². The van der Waals surface area contributed by atoms with Gasteiger partial charge in [-0.1, -0.05) is 0 Å². The van der Waals surface area contributed by atoms with E-state index in [4.69, 9.17) is 0 Å². The predicted molar refractivity (Wildman–Crippen MR) is 66.5 cm³/mol. The Bertz CT molecular complexity index is 417. The quantitative estimate of drug-likeness (QED) is 0.874. The molecule has 0 atom stereocenters. The zero-order valence-corrected chi connectivity index (χ0v) is 11.0. The molecule has 0 aromatic carbocycles. The molecule has 5 nitrogen and oxygen atoms in total. The zero-order chi connectivity index (χ0) is 12.2. The fourth-order valence-corrected chi connectivity index (χ4v) is 4.99. The summed E-state index contributed by atoms with van der Waals surface area (Å²) >= 11 is 0. The van der Waals surface area contributed by atoms with E-state index in [1.165, 1.54) is 43.3 Å². The number of tetrazole rings is 1. The fraction of sp³-hybridized carbons (Fsp3) is 0.923. The van der Waals surface area contributed by atoms with Gasteiger partial charge in [0, 0.05) is 5.54 Å². The second-order valence-electron chi connectivity index (χ2n) is 6.75. The molecule has 0 radical (unpaired) electrons. The van der Waals surface area contributed by atoms with Crippen LogP contribution in [0.3, 0.4) is 0 Å². The molecular formula is C13H21N5. The van der Waals surface area contributed by atoms with Gasteiger partial charge >= 0.3 is 0 Å². The molecule has 0 unspecified atom stereocenters. The lowest BCUT2D eigenvalue weighted by Crippen LogP contribution is -2.58. The summed E-state index contributed by atoms with van der Waals surface area (Å²) in [4.78, 5) is 1.54. The molecule has 4 saturated carbocycles. The van der Waals surface area contributed by atoms with E-state index in [-0.39, 0.29) is 0 Å². The monoisotopic (exact) mass is 247 g/mol. The fourth-order valence-electron chi connectivity index (χ4n) is 4.99. The van der Waals surface area contributed by atoms with Gasteiger partial charge in [-0.3, -0.25) is 0 Å². The van der Waals surface area contributed by atoms with E-state index < -0.39 is 0 Å². The van der Waals surface area contributed by atoms with Gasteiger partial charge in [0.05, 0.1) is 13.6 Å². The maximum atomic E-state index is 4.26. The highest BCUT2D eigenvalue weighted by Crippen LogP contribution is 2.55. The van der Waals surface area contributed by atoms with Crippen LogP contribution in [0.4, 0.5) is 0 Å². The van der Waals surface area contributed by atoms with Gasteiger partial charge in [0.2, 0.25) is 0 Å². The zero-order valence-electron chi connectivity index (χ0n) is 11.0. The average molecular weight is 247 g/mol. The van der Waals surface area contributed by atoms with E-state index in [1.807, 2.05) is 7.05 Å². The van der Waals surface area contributed by atoms with Crippen molar-refractivity contribution in [3.63, 3.8) is 0 Å². The summed E-state index contributed by atoms with van der Waals surface area (Å²) in [6.07, 6.45) is 8.59. The molecule has 4 fully saturated rings. The van der Waals surface area contributed by atoms with Crippen molar-refractivity contribution in [3.05, 3.63) is 5.82 Å². The van der Waals surface area contributed by atoms with Crippen molar-refractivity contribution in [1.82, 2.24) is 25.5 Å². The first-order chi connectivity index (χ1) is 8.71. The molecular weight excluding hydrogens is 226 g/mol. The molecule has 0 amide bonds. The molecule has 1 heterocycles. The van der Waals surface area contributed by atoms with Crippen LogP contribution in [0.25, 0.3) is 0 Å². The Morgan fingerprint density at radius 3 is 2.28 bits per heavy atom. The Morgan fingerprint density at radius 2 is 1.78 bits per heavy atom. The van der Waals surface area contributed by atoms with Gasteiger partial charge < -0.3 is 5.32 Å². The molecule has 0 spiro atoms. The van der Waals surface area contributed by atoms with Crippen LogP contribution in [-0.2, 0) is 13.6 Å². The number of hydrogen-bond donors (Lipinski definition) is 1. The highest BCUT2D eigenvalue weighted by molar-refractivity contribution is 5.06. The van der Waals surface area contributed by atoms with Crippen molar-refractivity contribution in [1.29, 1.82) is 0 Å². The molecule has 1 aromatic rings. The van der Waals surface area contributed by atoms with Crippen molar-refractivity contribution >= 4 is 0 Å². The van der Waals surface area contributed by atoms with Crippen molar-refractivity contribution in [2.45, 2.75) is 50.6 Å². The summed E-state index contributed by atoms with van der Waals surface area (Å²) in [5, 5.41) is 16.0. The van der Waals surface area contributed by atoms with Crippen LogP contribution >= 0.6 is 0 Å². The van der Waals surface area contributed by atoms with Crippen molar-refractivity contribution < 1.29 is 0 Å². The number of nitrogens with zero attached hydrogens (tertiary/aromatic N) is 4. The molecule has 0 aliphatic heterocycles. The van der Waals surface area contributed by atoms with Crippen LogP contribution < -0.4 is 5.32 Å². The summed E-state index contributed by atoms with van der Waals surface area (Å²) in [7, 11) is 1.82. The summed E-state index contributed by atoms with van der Waals surface area (Å²) < 4.78 is 0. The number of rotatable bonds is 3. The molecule has 98 valence electrons. The molecule has 18 heavy (non-hydrogen) atoms. The van der Waals surface area contributed by atoms with Crippen LogP contribution in [0.2, 0.25) is 0 Å². The SMILES string of the molecule is Cn1nnc(CNC23CC4CC(CC(C4)C2)C3)n1. The van der Waals surface area contributed by atoms with Crippen LogP contribution in [0.1, 0.15) is 44.3 Å². The van der Waals surface area contributed by atoms with Gasteiger partial charge in [0.25, 0.3) is 0 Å². The van der Waals surface area contributed by atoms with E-state index in [9.17, 15) is 0 Å². The molecule has 4 bridgehead atoms. The molecule has 1 N–H and O–H groups in total. The van der Waals surface area contributed by atoms with Gasteiger partial charge in [0.1, 0.15) is 0 Å². The summed E-state index contributed by atoms with van der Waals surface area (Å²) in [6.45, 7) is 0.778. The standard InChI is InChI=1S/C13H21N5/c1-18-16-12(15-17-18)8-14-13-5-9-2-10(6-13)4-11(3-9)7-13/h9-11,14H,2-8H2,1H3. The smallest absolute Gasteiger partial charge is 0.188 e. The highest BCUT2D eigenvalue weighted by Gasteiger charge is 2.50. The normalized spacial score (nSPS) is 41.5. The highest BCUT2D eigenvalue weighted by atomic mass is 15.6. The minimum Gasteiger partial charge on any atom is -0.304 e. The van der Waals surface area contributed by atoms with Crippen molar-refractivity contribution in [2.75, 3.05) is 0 Å². The minimum atomic E-state index is 0.397. The Balaban J connectivity index is 1.47. The number of aromatic nitrogens is 4. The van der Waals surface area contributed by atoms with E-state index in [1.54, 1.807) is 0 Å². The first-order valence-corrected chi connectivity index (χ1v) is 7.19. The second kappa shape index (κ2) is 3.76. The van der Waals surface area contributed by atoms with Gasteiger partial charge in [-0.05, 0) is 61.5 Å². The molecule has 4 aliphatic carbocycles. The summed E-state index contributed by atoms with van der Waals surface area (Å²) in [6, 6.07) is 0. The molecule has 5 rings (SSSR count). The van der Waals surface area contributed by atoms with Crippen LogP contribution in [0.15, 0.2) is 0 Å². The van der Waals surface area contributed by atoms with Crippen LogP contribution in [0, 0.1) is 17.8 Å².